The lowest BCUT2D eigenvalue weighted by Gasteiger charge is -2.38. The van der Waals surface area contributed by atoms with Gasteiger partial charge in [0.25, 0.3) is 0 Å². The quantitative estimate of drug-likeness (QED) is 0.589. The fourth-order valence-electron chi connectivity index (χ4n) is 4.45. The lowest BCUT2D eigenvalue weighted by atomic mass is 9.68. The van der Waals surface area contributed by atoms with Crippen molar-refractivity contribution in [2.75, 3.05) is 13.7 Å². The van der Waals surface area contributed by atoms with Gasteiger partial charge in [-0.05, 0) is 43.7 Å². The van der Waals surface area contributed by atoms with Crippen molar-refractivity contribution < 1.29 is 23.9 Å². The second-order valence-electron chi connectivity index (χ2n) is 8.03. The van der Waals surface area contributed by atoms with Crippen LogP contribution in [0.5, 0.6) is 0 Å². The van der Waals surface area contributed by atoms with Gasteiger partial charge in [0.2, 0.25) is 0 Å². The fraction of sp³-hybridized carbons (Fsp3) is 0.458. The van der Waals surface area contributed by atoms with Gasteiger partial charge in [0.15, 0.2) is 5.78 Å². The van der Waals surface area contributed by atoms with Crippen molar-refractivity contribution in [2.24, 2.45) is 11.8 Å². The molecule has 0 amide bonds. The minimum absolute atomic E-state index is 0.199. The van der Waals surface area contributed by atoms with Gasteiger partial charge in [0.1, 0.15) is 5.92 Å². The molecule has 30 heavy (non-hydrogen) atoms. The summed E-state index contributed by atoms with van der Waals surface area (Å²) in [7, 11) is 1.29. The number of ketones is 1. The van der Waals surface area contributed by atoms with E-state index in [9.17, 15) is 14.4 Å². The predicted octanol–water partition coefficient (Wildman–Crippen LogP) is 3.56. The molecule has 0 aromatic heterocycles. The van der Waals surface area contributed by atoms with Crippen LogP contribution in [0.3, 0.4) is 0 Å². The number of hydrogen-bond acceptors (Lipinski definition) is 6. The number of nitrogens with one attached hydrogen (secondary N) is 1. The van der Waals surface area contributed by atoms with Gasteiger partial charge in [-0.1, -0.05) is 38.1 Å². The number of esters is 2. The van der Waals surface area contributed by atoms with Crippen LogP contribution in [0.1, 0.15) is 50.7 Å². The van der Waals surface area contributed by atoms with E-state index in [0.29, 0.717) is 36.3 Å². The molecule has 0 fully saturated rings. The van der Waals surface area contributed by atoms with E-state index in [2.05, 4.69) is 5.32 Å². The first-order chi connectivity index (χ1) is 14.3. The first-order valence-corrected chi connectivity index (χ1v) is 10.4. The average molecular weight is 411 g/mol. The number of carbonyl (C=O) groups is 3. The Balaban J connectivity index is 2.18. The molecule has 1 N–H and O–H groups in total. The number of Topliss-reactive ketones (excluding diaryl/α,β-unsaturated/α-hetero) is 1. The summed E-state index contributed by atoms with van der Waals surface area (Å²) in [5.41, 5.74) is 4.16. The van der Waals surface area contributed by atoms with E-state index >= 15 is 0 Å². The van der Waals surface area contributed by atoms with Crippen molar-refractivity contribution in [2.45, 2.75) is 46.5 Å². The Kier molecular flexibility index (Phi) is 6.44. The highest BCUT2D eigenvalue weighted by Crippen LogP contribution is 2.46. The summed E-state index contributed by atoms with van der Waals surface area (Å²) in [6.07, 6.45) is 1.23. The van der Waals surface area contributed by atoms with Gasteiger partial charge in [0.05, 0.1) is 19.3 Å². The second-order valence-corrected chi connectivity index (χ2v) is 8.03. The van der Waals surface area contributed by atoms with E-state index in [-0.39, 0.29) is 11.7 Å². The third kappa shape index (κ3) is 3.78. The number of hydrogen-bond donors (Lipinski definition) is 1. The molecular formula is C24H29NO5. The summed E-state index contributed by atoms with van der Waals surface area (Å²) in [5.74, 6) is -2.93. The zero-order valence-electron chi connectivity index (χ0n) is 18.2. The standard InChI is InChI=1S/C24H29NO5/c1-6-11-30-24(28)19-15(4)25-17-12-14(3)18(23(27)29-5)22(26)21(17)20(19)16-10-8-7-9-13(16)2/h7-10,14,18,20,25H,6,11-12H2,1-5H3/t14-,18-,20+/m1/s1. The molecule has 1 aliphatic heterocycles. The van der Waals surface area contributed by atoms with Gasteiger partial charge in [-0.2, -0.15) is 0 Å². The van der Waals surface area contributed by atoms with Crippen LogP contribution in [-0.4, -0.2) is 31.4 Å². The van der Waals surface area contributed by atoms with Crippen molar-refractivity contribution in [1.29, 1.82) is 0 Å². The lowest BCUT2D eigenvalue weighted by molar-refractivity contribution is -0.151. The largest absolute Gasteiger partial charge is 0.468 e. The third-order valence-electron chi connectivity index (χ3n) is 5.90. The molecule has 3 rings (SSSR count). The van der Waals surface area contributed by atoms with Crippen LogP contribution in [0.15, 0.2) is 46.8 Å². The Morgan fingerprint density at radius 2 is 1.90 bits per heavy atom. The second kappa shape index (κ2) is 8.86. The van der Waals surface area contributed by atoms with Gasteiger partial charge >= 0.3 is 11.9 Å². The molecule has 0 bridgehead atoms. The van der Waals surface area contributed by atoms with E-state index in [1.54, 1.807) is 0 Å². The minimum atomic E-state index is -0.881. The summed E-state index contributed by atoms with van der Waals surface area (Å²) in [6.45, 7) is 7.89. The van der Waals surface area contributed by atoms with E-state index in [0.717, 1.165) is 16.8 Å². The van der Waals surface area contributed by atoms with Gasteiger partial charge in [0, 0.05) is 22.9 Å². The van der Waals surface area contributed by atoms with Crippen LogP contribution in [0.2, 0.25) is 0 Å². The highest BCUT2D eigenvalue weighted by molar-refractivity contribution is 6.12. The molecule has 1 aliphatic carbocycles. The average Bonchev–Trinajstić information content (AvgIpc) is 2.71. The molecule has 6 heteroatoms. The normalized spacial score (nSPS) is 23.6. The number of aryl methyl sites for hydroxylation is 1. The molecule has 1 aromatic carbocycles. The van der Waals surface area contributed by atoms with Crippen LogP contribution in [-0.2, 0) is 23.9 Å². The number of dihydropyridines is 1. The Labute approximate surface area is 177 Å². The summed E-state index contributed by atoms with van der Waals surface area (Å²) < 4.78 is 10.4. The Morgan fingerprint density at radius 3 is 2.53 bits per heavy atom. The van der Waals surface area contributed by atoms with Crippen LogP contribution in [0, 0.1) is 18.8 Å². The molecule has 6 nitrogen and oxygen atoms in total. The summed E-state index contributed by atoms with van der Waals surface area (Å²) >= 11 is 0. The van der Waals surface area contributed by atoms with Crippen LogP contribution < -0.4 is 5.32 Å². The Hall–Kier alpha value is -2.89. The number of allylic oxidation sites excluding steroid dienone is 3. The SMILES string of the molecule is CCCOC(=O)C1=C(C)NC2=C(C(=O)[C@H](C(=O)OC)[C@H](C)C2)[C@H]1c1ccccc1C. The molecule has 0 saturated heterocycles. The lowest BCUT2D eigenvalue weighted by Crippen LogP contribution is -2.43. The number of ether oxygens (including phenoxy) is 2. The Bertz CT molecular complexity index is 943. The molecule has 160 valence electrons. The molecule has 0 radical (unpaired) electrons. The van der Waals surface area contributed by atoms with Crippen LogP contribution in [0.25, 0.3) is 0 Å². The number of rotatable bonds is 5. The zero-order chi connectivity index (χ0) is 22.0. The van der Waals surface area contributed by atoms with Crippen molar-refractivity contribution in [3.05, 3.63) is 57.9 Å². The molecule has 2 aliphatic rings. The highest BCUT2D eigenvalue weighted by atomic mass is 16.5. The van der Waals surface area contributed by atoms with Crippen LogP contribution in [0.4, 0.5) is 0 Å². The number of benzene rings is 1. The molecular weight excluding hydrogens is 382 g/mol. The minimum Gasteiger partial charge on any atom is -0.468 e. The topological polar surface area (TPSA) is 81.7 Å². The smallest absolute Gasteiger partial charge is 0.336 e. The van der Waals surface area contributed by atoms with Crippen molar-refractivity contribution >= 4 is 17.7 Å². The zero-order valence-corrected chi connectivity index (χ0v) is 18.2. The van der Waals surface area contributed by atoms with Crippen molar-refractivity contribution in [3.63, 3.8) is 0 Å². The summed E-state index contributed by atoms with van der Waals surface area (Å²) in [4.78, 5) is 39.0. The number of carbonyl (C=O) groups excluding carboxylic acids is 3. The van der Waals surface area contributed by atoms with E-state index in [1.807, 2.05) is 52.0 Å². The van der Waals surface area contributed by atoms with E-state index < -0.39 is 23.8 Å². The van der Waals surface area contributed by atoms with Crippen molar-refractivity contribution in [1.82, 2.24) is 5.32 Å². The maximum absolute atomic E-state index is 13.6. The maximum atomic E-state index is 13.6. The molecule has 1 heterocycles. The summed E-state index contributed by atoms with van der Waals surface area (Å²) in [5, 5.41) is 3.27. The third-order valence-corrected chi connectivity index (χ3v) is 5.90. The van der Waals surface area contributed by atoms with Gasteiger partial charge in [-0.3, -0.25) is 9.59 Å². The first kappa shape index (κ1) is 21.8. The predicted molar refractivity (Wildman–Crippen MR) is 112 cm³/mol. The molecule has 0 saturated carbocycles. The maximum Gasteiger partial charge on any atom is 0.336 e. The highest BCUT2D eigenvalue weighted by Gasteiger charge is 2.47. The summed E-state index contributed by atoms with van der Waals surface area (Å²) in [6, 6.07) is 7.69. The van der Waals surface area contributed by atoms with Gasteiger partial charge in [-0.15, -0.1) is 0 Å². The van der Waals surface area contributed by atoms with Gasteiger partial charge < -0.3 is 14.8 Å². The monoisotopic (exact) mass is 411 g/mol. The van der Waals surface area contributed by atoms with E-state index in [1.165, 1.54) is 7.11 Å². The number of methoxy groups -OCH3 is 1. The molecule has 1 aromatic rings. The van der Waals surface area contributed by atoms with E-state index in [4.69, 9.17) is 9.47 Å². The molecule has 3 atom stereocenters. The Morgan fingerprint density at radius 1 is 1.20 bits per heavy atom. The molecule has 0 spiro atoms. The van der Waals surface area contributed by atoms with Crippen LogP contribution >= 0.6 is 0 Å². The fourth-order valence-corrected chi connectivity index (χ4v) is 4.45. The van der Waals surface area contributed by atoms with Gasteiger partial charge in [-0.25, -0.2) is 4.79 Å². The van der Waals surface area contributed by atoms with Crippen molar-refractivity contribution in [3.8, 4) is 0 Å². The molecule has 0 unspecified atom stereocenters. The first-order valence-electron chi connectivity index (χ1n) is 10.4.